The van der Waals surface area contributed by atoms with E-state index in [9.17, 15) is 24.3 Å². The van der Waals surface area contributed by atoms with Crippen molar-refractivity contribution in [1.82, 2.24) is 10.2 Å². The summed E-state index contributed by atoms with van der Waals surface area (Å²) in [5, 5.41) is 11.5. The summed E-state index contributed by atoms with van der Waals surface area (Å²) in [6.45, 7) is 2.53. The summed E-state index contributed by atoms with van der Waals surface area (Å²) in [7, 11) is 0. The summed E-state index contributed by atoms with van der Waals surface area (Å²) >= 11 is 0. The van der Waals surface area contributed by atoms with Crippen LogP contribution in [0.5, 0.6) is 0 Å². The number of nitrogens with one attached hydrogen (secondary N) is 1. The van der Waals surface area contributed by atoms with Gasteiger partial charge in [0, 0.05) is 12.6 Å². The average Bonchev–Trinajstić information content (AvgIpc) is 2.97. The van der Waals surface area contributed by atoms with Gasteiger partial charge in [0.2, 0.25) is 18.6 Å². The molecule has 3 amide bonds. The number of aliphatic hydroxyl groups excluding tert-OH is 1. The summed E-state index contributed by atoms with van der Waals surface area (Å²) in [5.74, 6) is -1.05. The zero-order valence-corrected chi connectivity index (χ0v) is 14.8. The van der Waals surface area contributed by atoms with E-state index < -0.39 is 49.6 Å². The lowest BCUT2D eigenvalue weighted by molar-refractivity contribution is -0.135. The minimum atomic E-state index is -1.15. The second-order valence-electron chi connectivity index (χ2n) is 5.95. The fourth-order valence-electron chi connectivity index (χ4n) is 2.48. The maximum atomic E-state index is 12.3. The van der Waals surface area contributed by atoms with Gasteiger partial charge in [0.1, 0.15) is 12.1 Å². The number of aliphatic hydroxyl groups is 1. The van der Waals surface area contributed by atoms with Crippen molar-refractivity contribution in [2.45, 2.75) is 51.3 Å². The Hall–Kier alpha value is -2.56. The summed E-state index contributed by atoms with van der Waals surface area (Å²) in [4.78, 5) is 47.5. The molecule has 0 aromatic heterocycles. The van der Waals surface area contributed by atoms with Gasteiger partial charge < -0.3 is 35.3 Å². The number of likely N-dealkylation sites (tertiary alicyclic amines) is 1. The third-order valence-corrected chi connectivity index (χ3v) is 3.76. The van der Waals surface area contributed by atoms with Crippen LogP contribution in [0.15, 0.2) is 0 Å². The number of hydrogen-bond donors (Lipinski definition) is 3. The van der Waals surface area contributed by atoms with E-state index in [1.165, 1.54) is 6.92 Å². The molecule has 0 aliphatic carbocycles. The van der Waals surface area contributed by atoms with Crippen LogP contribution in [0.3, 0.4) is 0 Å². The molecule has 11 heteroatoms. The zero-order valence-electron chi connectivity index (χ0n) is 14.8. The first-order valence-corrected chi connectivity index (χ1v) is 8.21. The minimum absolute atomic E-state index is 0.0369. The largest absolute Gasteiger partial charge is 0.511 e. The first kappa shape index (κ1) is 21.5. The zero-order chi connectivity index (χ0) is 19.7. The van der Waals surface area contributed by atoms with Gasteiger partial charge >= 0.3 is 12.2 Å². The van der Waals surface area contributed by atoms with Crippen molar-refractivity contribution in [3.63, 3.8) is 0 Å². The van der Waals surface area contributed by atoms with Crippen LogP contribution in [-0.4, -0.2) is 72.2 Å². The molecular weight excluding hydrogens is 350 g/mol. The van der Waals surface area contributed by atoms with Crippen molar-refractivity contribution in [3.05, 3.63) is 0 Å². The van der Waals surface area contributed by atoms with Gasteiger partial charge in [0.25, 0.3) is 0 Å². The van der Waals surface area contributed by atoms with E-state index in [0.29, 0.717) is 6.54 Å². The average molecular weight is 375 g/mol. The van der Waals surface area contributed by atoms with Gasteiger partial charge in [-0.15, -0.1) is 0 Å². The molecule has 0 spiro atoms. The second-order valence-corrected chi connectivity index (χ2v) is 5.95. The van der Waals surface area contributed by atoms with Crippen LogP contribution >= 0.6 is 0 Å². The highest BCUT2D eigenvalue weighted by Gasteiger charge is 2.31. The number of ether oxygens (including phenoxy) is 3. The smallest absolute Gasteiger partial charge is 0.431 e. The molecule has 3 unspecified atom stereocenters. The van der Waals surface area contributed by atoms with Gasteiger partial charge in [-0.05, 0) is 26.7 Å². The number of alkyl carbamates (subject to hydrolysis) is 1. The van der Waals surface area contributed by atoms with Gasteiger partial charge in [0.15, 0.2) is 0 Å². The van der Waals surface area contributed by atoms with E-state index in [-0.39, 0.29) is 12.5 Å². The number of primary amides is 1. The Balaban J connectivity index is 2.32. The van der Waals surface area contributed by atoms with E-state index in [1.807, 2.05) is 6.92 Å². The molecule has 3 atom stereocenters. The molecule has 0 aromatic carbocycles. The molecule has 0 saturated carbocycles. The van der Waals surface area contributed by atoms with Crippen LogP contribution in [-0.2, 0) is 23.8 Å². The number of hydrogen-bond acceptors (Lipinski definition) is 8. The number of carbonyl (C=O) groups is 4. The van der Waals surface area contributed by atoms with Gasteiger partial charge in [-0.1, -0.05) is 0 Å². The highest BCUT2D eigenvalue weighted by Crippen LogP contribution is 2.17. The molecule has 1 rings (SSSR count). The summed E-state index contributed by atoms with van der Waals surface area (Å²) < 4.78 is 13.8. The maximum Gasteiger partial charge on any atom is 0.511 e. The lowest BCUT2D eigenvalue weighted by Crippen LogP contribution is -2.51. The third kappa shape index (κ3) is 7.13. The summed E-state index contributed by atoms with van der Waals surface area (Å²) in [6.07, 6.45) is -1.42. The number of rotatable bonds is 8. The highest BCUT2D eigenvalue weighted by molar-refractivity contribution is 5.86. The SMILES string of the molecule is CC(CC(N)=O)OC(=O)OCOC(=O)NC(CO)C(=O)N1CCCC1C. The number of amides is 3. The van der Waals surface area contributed by atoms with Crippen LogP contribution in [0.1, 0.15) is 33.1 Å². The molecule has 1 fully saturated rings. The van der Waals surface area contributed by atoms with Crippen LogP contribution in [0.2, 0.25) is 0 Å². The minimum Gasteiger partial charge on any atom is -0.431 e. The first-order chi connectivity index (χ1) is 12.2. The molecule has 1 heterocycles. The van der Waals surface area contributed by atoms with Gasteiger partial charge in [-0.2, -0.15) is 0 Å². The van der Waals surface area contributed by atoms with E-state index in [1.54, 1.807) is 4.90 Å². The van der Waals surface area contributed by atoms with Crippen molar-refractivity contribution >= 4 is 24.1 Å². The molecule has 4 N–H and O–H groups in total. The number of nitrogens with zero attached hydrogens (tertiary/aromatic N) is 1. The van der Waals surface area contributed by atoms with Gasteiger partial charge in [0.05, 0.1) is 13.0 Å². The van der Waals surface area contributed by atoms with E-state index >= 15 is 0 Å². The lowest BCUT2D eigenvalue weighted by Gasteiger charge is -2.26. The van der Waals surface area contributed by atoms with Crippen LogP contribution in [0, 0.1) is 0 Å². The second kappa shape index (κ2) is 10.4. The highest BCUT2D eigenvalue weighted by atomic mass is 16.8. The van der Waals surface area contributed by atoms with Crippen molar-refractivity contribution in [1.29, 1.82) is 0 Å². The molecular formula is C15H25N3O8. The molecule has 0 aromatic rings. The molecule has 26 heavy (non-hydrogen) atoms. The van der Waals surface area contributed by atoms with Crippen molar-refractivity contribution in [2.75, 3.05) is 19.9 Å². The number of nitrogens with two attached hydrogens (primary N) is 1. The summed E-state index contributed by atoms with van der Waals surface area (Å²) in [6, 6.07) is -1.11. The van der Waals surface area contributed by atoms with E-state index in [4.69, 9.17) is 5.73 Å². The maximum absolute atomic E-state index is 12.3. The molecule has 1 saturated heterocycles. The Kier molecular flexibility index (Phi) is 8.62. The van der Waals surface area contributed by atoms with Crippen molar-refractivity contribution in [3.8, 4) is 0 Å². The Morgan fingerprint density at radius 1 is 1.31 bits per heavy atom. The predicted octanol–water partition coefficient (Wildman–Crippen LogP) is -0.541. The van der Waals surface area contributed by atoms with Crippen LogP contribution in [0.25, 0.3) is 0 Å². The fourth-order valence-corrected chi connectivity index (χ4v) is 2.48. The van der Waals surface area contributed by atoms with E-state index in [2.05, 4.69) is 19.5 Å². The Morgan fingerprint density at radius 2 is 2.00 bits per heavy atom. The first-order valence-electron chi connectivity index (χ1n) is 8.21. The van der Waals surface area contributed by atoms with Gasteiger partial charge in [-0.3, -0.25) is 9.59 Å². The Labute approximate surface area is 150 Å². The van der Waals surface area contributed by atoms with Crippen LogP contribution < -0.4 is 11.1 Å². The van der Waals surface area contributed by atoms with E-state index in [0.717, 1.165) is 12.8 Å². The Morgan fingerprint density at radius 3 is 2.54 bits per heavy atom. The van der Waals surface area contributed by atoms with Crippen LogP contribution in [0.4, 0.5) is 9.59 Å². The normalized spacial score (nSPS) is 18.6. The molecule has 1 aliphatic heterocycles. The van der Waals surface area contributed by atoms with Gasteiger partial charge in [-0.25, -0.2) is 9.59 Å². The Bertz CT molecular complexity index is 527. The fraction of sp³-hybridized carbons (Fsp3) is 0.733. The quantitative estimate of drug-likeness (QED) is 0.377. The molecule has 0 bridgehead atoms. The molecule has 1 aliphatic rings. The predicted molar refractivity (Wildman–Crippen MR) is 86.6 cm³/mol. The van der Waals surface area contributed by atoms with Crippen molar-refractivity contribution < 1.29 is 38.5 Å². The monoisotopic (exact) mass is 375 g/mol. The third-order valence-electron chi connectivity index (χ3n) is 3.76. The molecule has 0 radical (unpaired) electrons. The lowest BCUT2D eigenvalue weighted by atomic mass is 10.2. The van der Waals surface area contributed by atoms with Crippen molar-refractivity contribution in [2.24, 2.45) is 5.73 Å². The molecule has 11 nitrogen and oxygen atoms in total. The molecule has 148 valence electrons. The summed E-state index contributed by atoms with van der Waals surface area (Å²) in [5.41, 5.74) is 4.95. The topological polar surface area (TPSA) is 157 Å². The number of carbonyl (C=O) groups excluding carboxylic acids is 4. The standard InChI is InChI=1S/C15H25N3O8/c1-9-4-3-5-18(9)13(21)11(7-19)17-14(22)24-8-25-15(23)26-10(2)6-12(16)20/h9-11,19H,3-8H2,1-2H3,(H2,16,20)(H,17,22).